The summed E-state index contributed by atoms with van der Waals surface area (Å²) in [5.74, 6) is 0.597. The first-order valence-corrected chi connectivity index (χ1v) is 4.14. The quantitative estimate of drug-likeness (QED) is 0.646. The Hall–Kier alpha value is -1.64. The first-order chi connectivity index (χ1) is 6.24. The molecule has 0 aromatic carbocycles. The first kappa shape index (κ1) is 9.45. The summed E-state index contributed by atoms with van der Waals surface area (Å²) in [5.41, 5.74) is 0.980. The van der Waals surface area contributed by atoms with Crippen LogP contribution in [-0.2, 0) is 0 Å². The molecule has 3 heteroatoms. The maximum Gasteiger partial charge on any atom is 0.146 e. The number of aromatic nitrogens is 2. The zero-order chi connectivity index (χ0) is 9.68. The molecule has 0 unspecified atom stereocenters. The Morgan fingerprint density at radius 2 is 2.38 bits per heavy atom. The van der Waals surface area contributed by atoms with Crippen molar-refractivity contribution in [2.45, 2.75) is 13.3 Å². The predicted molar refractivity (Wildman–Crippen MR) is 55.5 cm³/mol. The fraction of sp³-hybridized carbons (Fsp3) is 0.200. The summed E-state index contributed by atoms with van der Waals surface area (Å²) in [4.78, 5) is 4.12. The van der Waals surface area contributed by atoms with Crippen LogP contribution in [0.25, 0.3) is 5.82 Å². The Morgan fingerprint density at radius 3 is 2.92 bits per heavy atom. The minimum absolute atomic E-state index is 0.597. The van der Waals surface area contributed by atoms with E-state index in [4.69, 9.17) is 0 Å². The third kappa shape index (κ3) is 2.71. The molecule has 68 valence electrons. The van der Waals surface area contributed by atoms with E-state index in [1.165, 1.54) is 0 Å². The van der Waals surface area contributed by atoms with Crippen molar-refractivity contribution >= 4 is 12.0 Å². The Kier molecular flexibility index (Phi) is 3.20. The molecule has 1 aromatic heterocycles. The van der Waals surface area contributed by atoms with Gasteiger partial charge in [-0.1, -0.05) is 20.1 Å². The van der Waals surface area contributed by atoms with Gasteiger partial charge in [-0.2, -0.15) is 5.10 Å². The van der Waals surface area contributed by atoms with Gasteiger partial charge in [-0.05, 0) is 18.1 Å². The van der Waals surface area contributed by atoms with Gasteiger partial charge in [0.05, 0.1) is 0 Å². The number of rotatable bonds is 4. The molecule has 1 rings (SSSR count). The molecule has 0 radical (unpaired) electrons. The monoisotopic (exact) mass is 175 g/mol. The second-order valence-electron chi connectivity index (χ2n) is 2.64. The molecule has 13 heavy (non-hydrogen) atoms. The molecule has 0 saturated heterocycles. The molecule has 0 bridgehead atoms. The van der Waals surface area contributed by atoms with Crippen LogP contribution in [0.4, 0.5) is 0 Å². The third-order valence-corrected chi connectivity index (χ3v) is 1.62. The van der Waals surface area contributed by atoms with E-state index < -0.39 is 0 Å². The van der Waals surface area contributed by atoms with E-state index in [2.05, 4.69) is 23.2 Å². The maximum absolute atomic E-state index is 4.12. The fourth-order valence-corrected chi connectivity index (χ4v) is 0.738. The van der Waals surface area contributed by atoms with Crippen molar-refractivity contribution in [1.29, 1.82) is 0 Å². The van der Waals surface area contributed by atoms with Crippen LogP contribution in [0.15, 0.2) is 42.2 Å². The van der Waals surface area contributed by atoms with Crippen molar-refractivity contribution in [2.24, 2.45) is 4.99 Å². The fourth-order valence-electron chi connectivity index (χ4n) is 0.738. The van der Waals surface area contributed by atoms with Gasteiger partial charge in [0, 0.05) is 18.6 Å². The van der Waals surface area contributed by atoms with Crippen LogP contribution in [0.2, 0.25) is 0 Å². The molecule has 0 N–H and O–H groups in total. The predicted octanol–water partition coefficient (Wildman–Crippen LogP) is 2.35. The van der Waals surface area contributed by atoms with E-state index in [9.17, 15) is 0 Å². The van der Waals surface area contributed by atoms with Crippen LogP contribution >= 0.6 is 0 Å². The number of aliphatic imine (C=N–C) groups is 1. The van der Waals surface area contributed by atoms with Crippen LogP contribution in [0.3, 0.4) is 0 Å². The van der Waals surface area contributed by atoms with E-state index >= 15 is 0 Å². The van der Waals surface area contributed by atoms with Crippen molar-refractivity contribution < 1.29 is 0 Å². The largest absolute Gasteiger partial charge is 0.238 e. The highest BCUT2D eigenvalue weighted by Gasteiger charge is 1.92. The van der Waals surface area contributed by atoms with Gasteiger partial charge in [-0.25, -0.2) is 9.67 Å². The zero-order valence-corrected chi connectivity index (χ0v) is 7.77. The molecule has 1 heterocycles. The van der Waals surface area contributed by atoms with Gasteiger partial charge in [0.1, 0.15) is 5.82 Å². The lowest BCUT2D eigenvalue weighted by Crippen LogP contribution is -1.93. The lowest BCUT2D eigenvalue weighted by atomic mass is 10.3. The van der Waals surface area contributed by atoms with Crippen LogP contribution in [-0.4, -0.2) is 16.0 Å². The topological polar surface area (TPSA) is 30.2 Å². The second kappa shape index (κ2) is 4.40. The summed E-state index contributed by atoms with van der Waals surface area (Å²) >= 11 is 0. The van der Waals surface area contributed by atoms with Gasteiger partial charge in [0.25, 0.3) is 0 Å². The number of allylic oxidation sites excluding steroid dienone is 1. The summed E-state index contributed by atoms with van der Waals surface area (Å²) in [6.45, 7) is 9.60. The van der Waals surface area contributed by atoms with E-state index in [-0.39, 0.29) is 0 Å². The summed E-state index contributed by atoms with van der Waals surface area (Å²) in [7, 11) is 0. The van der Waals surface area contributed by atoms with Gasteiger partial charge in [-0.15, -0.1) is 0 Å². The highest BCUT2D eigenvalue weighted by molar-refractivity contribution is 5.80. The molecule has 0 aliphatic rings. The van der Waals surface area contributed by atoms with E-state index in [0.717, 1.165) is 12.0 Å². The van der Waals surface area contributed by atoms with Crippen molar-refractivity contribution in [3.05, 3.63) is 37.2 Å². The molecule has 0 aliphatic heterocycles. The number of hydrogen-bond donors (Lipinski definition) is 0. The molecule has 0 spiro atoms. The van der Waals surface area contributed by atoms with Gasteiger partial charge in [0.15, 0.2) is 0 Å². The smallest absolute Gasteiger partial charge is 0.146 e. The van der Waals surface area contributed by atoms with Crippen LogP contribution in [0.5, 0.6) is 0 Å². The van der Waals surface area contributed by atoms with E-state index in [1.807, 2.05) is 13.0 Å². The van der Waals surface area contributed by atoms with Crippen molar-refractivity contribution in [1.82, 2.24) is 9.78 Å². The average Bonchev–Trinajstić information content (AvgIpc) is 2.66. The Labute approximate surface area is 78.1 Å². The van der Waals surface area contributed by atoms with Crippen LogP contribution < -0.4 is 0 Å². The summed E-state index contributed by atoms with van der Waals surface area (Å²) in [5, 5.41) is 3.99. The molecular formula is C10H13N3. The SMILES string of the molecule is C=C(/C=N\C(=C)n1cccn1)CC. The van der Waals surface area contributed by atoms with Gasteiger partial charge < -0.3 is 0 Å². The normalized spacial score (nSPS) is 10.5. The highest BCUT2D eigenvalue weighted by Crippen LogP contribution is 2.01. The minimum atomic E-state index is 0.597. The van der Waals surface area contributed by atoms with Crippen molar-refractivity contribution in [2.75, 3.05) is 0 Å². The second-order valence-corrected chi connectivity index (χ2v) is 2.64. The summed E-state index contributed by atoms with van der Waals surface area (Å²) < 4.78 is 1.61. The Morgan fingerprint density at radius 1 is 1.62 bits per heavy atom. The molecule has 0 atom stereocenters. The molecule has 0 fully saturated rings. The molecule has 3 nitrogen and oxygen atoms in total. The van der Waals surface area contributed by atoms with Crippen molar-refractivity contribution in [3.8, 4) is 0 Å². The van der Waals surface area contributed by atoms with Gasteiger partial charge >= 0.3 is 0 Å². The van der Waals surface area contributed by atoms with E-state index in [0.29, 0.717) is 5.82 Å². The molecule has 0 saturated carbocycles. The lowest BCUT2D eigenvalue weighted by molar-refractivity contribution is 0.891. The zero-order valence-electron chi connectivity index (χ0n) is 7.77. The Balaban J connectivity index is 2.61. The van der Waals surface area contributed by atoms with Gasteiger partial charge in [-0.3, -0.25) is 0 Å². The molecular weight excluding hydrogens is 162 g/mol. The lowest BCUT2D eigenvalue weighted by Gasteiger charge is -1.98. The minimum Gasteiger partial charge on any atom is -0.238 e. The van der Waals surface area contributed by atoms with Gasteiger partial charge in [0.2, 0.25) is 0 Å². The average molecular weight is 175 g/mol. The van der Waals surface area contributed by atoms with Crippen LogP contribution in [0.1, 0.15) is 13.3 Å². The molecule has 0 aliphatic carbocycles. The highest BCUT2D eigenvalue weighted by atomic mass is 15.3. The van der Waals surface area contributed by atoms with E-state index in [1.54, 1.807) is 23.3 Å². The summed E-state index contributed by atoms with van der Waals surface area (Å²) in [6.07, 6.45) is 6.10. The van der Waals surface area contributed by atoms with Crippen molar-refractivity contribution in [3.63, 3.8) is 0 Å². The standard InChI is InChI=1S/C10H13N3/c1-4-9(2)8-11-10(3)13-7-5-6-12-13/h5-8H,2-4H2,1H3/b11-8-. The number of hydrogen-bond acceptors (Lipinski definition) is 2. The number of nitrogens with zero attached hydrogens (tertiary/aromatic N) is 3. The maximum atomic E-state index is 4.12. The molecule has 0 amide bonds. The Bertz CT molecular complexity index is 320. The third-order valence-electron chi connectivity index (χ3n) is 1.62. The first-order valence-electron chi connectivity index (χ1n) is 4.14. The van der Waals surface area contributed by atoms with Crippen LogP contribution in [0, 0.1) is 0 Å². The molecule has 1 aromatic rings. The summed E-state index contributed by atoms with van der Waals surface area (Å²) in [6, 6.07) is 1.83.